The highest BCUT2D eigenvalue weighted by molar-refractivity contribution is 5.86. The van der Waals surface area contributed by atoms with Crippen LogP contribution in [0.1, 0.15) is 24.0 Å². The molecule has 0 radical (unpaired) electrons. The molecule has 1 atom stereocenters. The number of rotatable bonds is 6. The molecule has 0 saturated carbocycles. The third kappa shape index (κ3) is 6.51. The summed E-state index contributed by atoms with van der Waals surface area (Å²) >= 11 is 0. The lowest BCUT2D eigenvalue weighted by Crippen LogP contribution is -2.52. The third-order valence-corrected chi connectivity index (χ3v) is 5.33. The Labute approximate surface area is 180 Å². The summed E-state index contributed by atoms with van der Waals surface area (Å²) in [4.78, 5) is 20.8. The van der Waals surface area contributed by atoms with Gasteiger partial charge < -0.3 is 20.4 Å². The third-order valence-electron chi connectivity index (χ3n) is 5.33. The molecule has 2 aromatic rings. The Bertz CT molecular complexity index is 832. The van der Waals surface area contributed by atoms with Crippen molar-refractivity contribution in [2.24, 2.45) is 4.99 Å². The molecule has 1 heterocycles. The number of likely N-dealkylation sites (N-methyl/N-ethyl adjacent to an activating group) is 1. The predicted molar refractivity (Wildman–Crippen MR) is 124 cm³/mol. The highest BCUT2D eigenvalue weighted by Gasteiger charge is 2.21. The van der Waals surface area contributed by atoms with E-state index in [4.69, 9.17) is 4.99 Å². The van der Waals surface area contributed by atoms with E-state index in [0.717, 1.165) is 31.5 Å². The standard InChI is InChI=1S/C24H33N5O/c1-19-11-13-22(14-12-19)29-15-7-10-21(18-29)27-24(26-17-23(30)28(2)3)25-16-20-8-5-4-6-9-20/h4-6,8-9,11-14,21H,7,10,15-18H2,1-3H3,(H2,25,26,27). The van der Waals surface area contributed by atoms with Gasteiger partial charge in [0.1, 0.15) is 0 Å². The van der Waals surface area contributed by atoms with Crippen molar-refractivity contribution in [3.05, 3.63) is 65.7 Å². The first-order valence-corrected chi connectivity index (χ1v) is 10.6. The molecular formula is C24H33N5O. The second-order valence-electron chi connectivity index (χ2n) is 8.06. The summed E-state index contributed by atoms with van der Waals surface area (Å²) < 4.78 is 0. The SMILES string of the molecule is Cc1ccc(N2CCCC(NC(=NCc3ccccc3)NCC(=O)N(C)C)C2)cc1. The highest BCUT2D eigenvalue weighted by atomic mass is 16.2. The van der Waals surface area contributed by atoms with Crippen LogP contribution in [0.5, 0.6) is 0 Å². The van der Waals surface area contributed by atoms with Crippen molar-refractivity contribution >= 4 is 17.6 Å². The number of amides is 1. The largest absolute Gasteiger partial charge is 0.369 e. The summed E-state index contributed by atoms with van der Waals surface area (Å²) in [6.07, 6.45) is 2.20. The van der Waals surface area contributed by atoms with Crippen molar-refractivity contribution in [1.29, 1.82) is 0 Å². The molecule has 6 heteroatoms. The zero-order valence-corrected chi connectivity index (χ0v) is 18.3. The number of nitrogens with zero attached hydrogens (tertiary/aromatic N) is 3. The molecule has 1 aliphatic rings. The van der Waals surface area contributed by atoms with Gasteiger partial charge >= 0.3 is 0 Å². The number of guanidine groups is 1. The molecule has 2 N–H and O–H groups in total. The fourth-order valence-corrected chi connectivity index (χ4v) is 3.50. The average Bonchev–Trinajstić information content (AvgIpc) is 2.76. The van der Waals surface area contributed by atoms with Gasteiger partial charge in [-0.25, -0.2) is 4.99 Å². The number of aliphatic imine (C=N–C) groups is 1. The first-order valence-electron chi connectivity index (χ1n) is 10.6. The molecule has 3 rings (SSSR count). The van der Waals surface area contributed by atoms with Gasteiger partial charge in [-0.2, -0.15) is 0 Å². The van der Waals surface area contributed by atoms with Crippen LogP contribution >= 0.6 is 0 Å². The lowest BCUT2D eigenvalue weighted by atomic mass is 10.0. The van der Waals surface area contributed by atoms with Crippen molar-refractivity contribution < 1.29 is 4.79 Å². The maximum absolute atomic E-state index is 12.1. The van der Waals surface area contributed by atoms with Crippen LogP contribution in [0.4, 0.5) is 5.69 Å². The smallest absolute Gasteiger partial charge is 0.241 e. The number of anilines is 1. The Morgan fingerprint density at radius 2 is 1.87 bits per heavy atom. The van der Waals surface area contributed by atoms with E-state index in [-0.39, 0.29) is 18.5 Å². The lowest BCUT2D eigenvalue weighted by molar-refractivity contribution is -0.127. The molecular weight excluding hydrogens is 374 g/mol. The summed E-state index contributed by atoms with van der Waals surface area (Å²) in [7, 11) is 3.53. The van der Waals surface area contributed by atoms with E-state index < -0.39 is 0 Å². The van der Waals surface area contributed by atoms with Gasteiger partial charge in [0.05, 0.1) is 13.1 Å². The van der Waals surface area contributed by atoms with Gasteiger partial charge in [-0.3, -0.25) is 4.79 Å². The number of benzene rings is 2. The number of aryl methyl sites for hydroxylation is 1. The Morgan fingerprint density at radius 3 is 2.57 bits per heavy atom. The van der Waals surface area contributed by atoms with Gasteiger partial charge in [-0.15, -0.1) is 0 Å². The molecule has 0 aliphatic carbocycles. The Balaban J connectivity index is 1.65. The molecule has 6 nitrogen and oxygen atoms in total. The van der Waals surface area contributed by atoms with E-state index in [0.29, 0.717) is 12.5 Å². The van der Waals surface area contributed by atoms with E-state index in [1.165, 1.54) is 11.3 Å². The molecule has 1 unspecified atom stereocenters. The summed E-state index contributed by atoms with van der Waals surface area (Å²) in [5, 5.41) is 6.77. The van der Waals surface area contributed by atoms with Crippen molar-refractivity contribution in [3.63, 3.8) is 0 Å². The maximum atomic E-state index is 12.1. The quantitative estimate of drug-likeness (QED) is 0.571. The number of carbonyl (C=O) groups is 1. The average molecular weight is 408 g/mol. The number of carbonyl (C=O) groups excluding carboxylic acids is 1. The molecule has 0 aromatic heterocycles. The van der Waals surface area contributed by atoms with Crippen LogP contribution in [-0.2, 0) is 11.3 Å². The minimum Gasteiger partial charge on any atom is -0.369 e. The van der Waals surface area contributed by atoms with E-state index in [2.05, 4.69) is 58.9 Å². The molecule has 1 fully saturated rings. The number of nitrogens with one attached hydrogen (secondary N) is 2. The van der Waals surface area contributed by atoms with Gasteiger partial charge in [0.15, 0.2) is 5.96 Å². The zero-order chi connectivity index (χ0) is 21.3. The van der Waals surface area contributed by atoms with Crippen molar-refractivity contribution in [2.75, 3.05) is 38.6 Å². The summed E-state index contributed by atoms with van der Waals surface area (Å²) in [5.74, 6) is 0.707. The first-order chi connectivity index (χ1) is 14.5. The van der Waals surface area contributed by atoms with Crippen molar-refractivity contribution in [3.8, 4) is 0 Å². The highest BCUT2D eigenvalue weighted by Crippen LogP contribution is 2.20. The normalized spacial score (nSPS) is 16.8. The summed E-state index contributed by atoms with van der Waals surface area (Å²) in [5.41, 5.74) is 3.67. The van der Waals surface area contributed by atoms with Gasteiger partial charge in [-0.05, 0) is 37.5 Å². The molecule has 160 valence electrons. The van der Waals surface area contributed by atoms with Crippen LogP contribution in [0.2, 0.25) is 0 Å². The van der Waals surface area contributed by atoms with Crippen LogP contribution < -0.4 is 15.5 Å². The summed E-state index contributed by atoms with van der Waals surface area (Å²) in [6.45, 7) is 4.88. The van der Waals surface area contributed by atoms with Crippen LogP contribution in [0, 0.1) is 6.92 Å². The minimum absolute atomic E-state index is 0.0223. The fraction of sp³-hybridized carbons (Fsp3) is 0.417. The first kappa shape index (κ1) is 21.7. The second kappa shape index (κ2) is 10.7. The van der Waals surface area contributed by atoms with Crippen LogP contribution in [0.25, 0.3) is 0 Å². The molecule has 1 aliphatic heterocycles. The van der Waals surface area contributed by atoms with Crippen molar-refractivity contribution in [2.45, 2.75) is 32.4 Å². The monoisotopic (exact) mass is 407 g/mol. The minimum atomic E-state index is 0.0223. The molecule has 2 aromatic carbocycles. The van der Waals surface area contributed by atoms with E-state index in [1.54, 1.807) is 19.0 Å². The number of hydrogen-bond acceptors (Lipinski definition) is 3. The van der Waals surface area contributed by atoms with Gasteiger partial charge in [-0.1, -0.05) is 48.0 Å². The van der Waals surface area contributed by atoms with Crippen LogP contribution in [0.15, 0.2) is 59.6 Å². The zero-order valence-electron chi connectivity index (χ0n) is 18.3. The fourth-order valence-electron chi connectivity index (χ4n) is 3.50. The topological polar surface area (TPSA) is 60.0 Å². The maximum Gasteiger partial charge on any atom is 0.241 e. The molecule has 0 spiro atoms. The number of hydrogen-bond donors (Lipinski definition) is 2. The Hall–Kier alpha value is -3.02. The van der Waals surface area contributed by atoms with Crippen LogP contribution in [-0.4, -0.2) is 56.5 Å². The second-order valence-corrected chi connectivity index (χ2v) is 8.06. The van der Waals surface area contributed by atoms with E-state index >= 15 is 0 Å². The molecule has 0 bridgehead atoms. The van der Waals surface area contributed by atoms with Gasteiger partial charge in [0, 0.05) is 38.9 Å². The number of piperidine rings is 1. The molecule has 30 heavy (non-hydrogen) atoms. The van der Waals surface area contributed by atoms with Crippen molar-refractivity contribution in [1.82, 2.24) is 15.5 Å². The predicted octanol–water partition coefficient (Wildman–Crippen LogP) is 2.79. The van der Waals surface area contributed by atoms with Gasteiger partial charge in [0.2, 0.25) is 5.91 Å². The lowest BCUT2D eigenvalue weighted by Gasteiger charge is -2.35. The Morgan fingerprint density at radius 1 is 1.13 bits per heavy atom. The van der Waals surface area contributed by atoms with Gasteiger partial charge in [0.25, 0.3) is 0 Å². The Kier molecular flexibility index (Phi) is 7.71. The summed E-state index contributed by atoms with van der Waals surface area (Å²) in [6, 6.07) is 19.1. The molecule has 1 saturated heterocycles. The van der Waals surface area contributed by atoms with E-state index in [9.17, 15) is 4.79 Å². The van der Waals surface area contributed by atoms with E-state index in [1.807, 2.05) is 18.2 Å². The van der Waals surface area contributed by atoms with Crippen LogP contribution in [0.3, 0.4) is 0 Å². The molecule has 1 amide bonds.